The van der Waals surface area contributed by atoms with Gasteiger partial charge in [-0.15, -0.1) is 70.8 Å². The van der Waals surface area contributed by atoms with Gasteiger partial charge in [-0.05, 0) is 44.5 Å². The number of fused-ring (bicyclic) bond motifs is 3. The maximum absolute atomic E-state index is 5.38. The molecule has 46 heavy (non-hydrogen) atoms. The predicted molar refractivity (Wildman–Crippen MR) is 185 cm³/mol. The van der Waals surface area contributed by atoms with Crippen LogP contribution in [0.25, 0.3) is 33.9 Å². The normalized spacial score (nSPS) is 13.4. The van der Waals surface area contributed by atoms with Crippen molar-refractivity contribution in [2.45, 2.75) is 57.8 Å². The van der Waals surface area contributed by atoms with Crippen LogP contribution in [-0.4, -0.2) is 9.97 Å². The van der Waals surface area contributed by atoms with E-state index in [4.69, 9.17) is 9.97 Å². The van der Waals surface area contributed by atoms with E-state index in [-0.39, 0.29) is 31.9 Å². The minimum absolute atomic E-state index is 0. The third-order valence-electron chi connectivity index (χ3n) is 9.15. The van der Waals surface area contributed by atoms with Gasteiger partial charge in [0.1, 0.15) is 0 Å². The van der Waals surface area contributed by atoms with Crippen LogP contribution in [0.2, 0.25) is 0 Å². The Hall–Kier alpha value is -4.13. The van der Waals surface area contributed by atoms with Crippen molar-refractivity contribution in [2.75, 3.05) is 0 Å². The molecule has 0 saturated carbocycles. The predicted octanol–water partition coefficient (Wildman–Crippen LogP) is 10.4. The van der Waals surface area contributed by atoms with Crippen LogP contribution < -0.4 is 0 Å². The van der Waals surface area contributed by atoms with Crippen molar-refractivity contribution in [3.63, 3.8) is 0 Å². The fourth-order valence-corrected chi connectivity index (χ4v) is 6.60. The van der Waals surface area contributed by atoms with Gasteiger partial charge in [-0.2, -0.15) is 0 Å². The summed E-state index contributed by atoms with van der Waals surface area (Å²) in [5, 5.41) is 0. The molecule has 0 spiro atoms. The second-order valence-electron chi connectivity index (χ2n) is 14.1. The second-order valence-corrected chi connectivity index (χ2v) is 14.1. The van der Waals surface area contributed by atoms with Crippen molar-refractivity contribution in [3.05, 3.63) is 167 Å². The van der Waals surface area contributed by atoms with E-state index in [1.54, 1.807) is 0 Å². The monoisotopic (exact) mass is 777 g/mol. The minimum atomic E-state index is -0.552. The molecule has 4 aromatic carbocycles. The topological polar surface area (TPSA) is 25.8 Å². The summed E-state index contributed by atoms with van der Waals surface area (Å²) in [6.07, 6.45) is 0. The Kier molecular flexibility index (Phi) is 8.24. The summed E-state index contributed by atoms with van der Waals surface area (Å²) in [4.78, 5) is 10.8. The van der Waals surface area contributed by atoms with Gasteiger partial charge >= 0.3 is 21.1 Å². The first kappa shape index (κ1) is 31.8. The molecule has 0 N–H and O–H groups in total. The Morgan fingerprint density at radius 3 is 1.20 bits per heavy atom. The van der Waals surface area contributed by atoms with E-state index in [0.717, 1.165) is 45.0 Å². The van der Waals surface area contributed by atoms with Crippen LogP contribution in [0.1, 0.15) is 74.9 Å². The largest absolute Gasteiger partial charge is 2.00 e. The van der Waals surface area contributed by atoms with Crippen molar-refractivity contribution >= 4 is 0 Å². The van der Waals surface area contributed by atoms with Crippen molar-refractivity contribution in [2.24, 2.45) is 0 Å². The van der Waals surface area contributed by atoms with Gasteiger partial charge in [0.15, 0.2) is 0 Å². The fourth-order valence-electron chi connectivity index (χ4n) is 6.60. The van der Waals surface area contributed by atoms with E-state index in [1.807, 2.05) is 0 Å². The van der Waals surface area contributed by atoms with Crippen molar-refractivity contribution in [3.8, 4) is 33.9 Å². The van der Waals surface area contributed by atoms with Gasteiger partial charge in [0.05, 0.1) is 16.8 Å². The first-order chi connectivity index (χ1) is 21.6. The molecule has 0 atom stereocenters. The number of rotatable bonds is 4. The van der Waals surface area contributed by atoms with Gasteiger partial charge in [0.25, 0.3) is 0 Å². The summed E-state index contributed by atoms with van der Waals surface area (Å²) < 4.78 is 0. The van der Waals surface area contributed by atoms with Crippen LogP contribution in [-0.2, 0) is 37.3 Å². The summed E-state index contributed by atoms with van der Waals surface area (Å²) in [6, 6.07) is 50.3. The number of pyridine rings is 2. The summed E-state index contributed by atoms with van der Waals surface area (Å²) in [6.45, 7) is 13.4. The zero-order valence-corrected chi connectivity index (χ0v) is 29.5. The molecule has 3 heteroatoms. The smallest absolute Gasteiger partial charge is 0.294 e. The Bertz CT molecular complexity index is 1830. The van der Waals surface area contributed by atoms with Crippen LogP contribution in [0.15, 0.2) is 121 Å². The van der Waals surface area contributed by atoms with Gasteiger partial charge in [0.2, 0.25) is 0 Å². The van der Waals surface area contributed by atoms with Crippen molar-refractivity contribution in [1.82, 2.24) is 9.97 Å². The molecule has 0 bridgehead atoms. The first-order valence-corrected chi connectivity index (χ1v) is 15.8. The molecule has 1 aliphatic carbocycles. The van der Waals surface area contributed by atoms with Crippen LogP contribution >= 0.6 is 0 Å². The summed E-state index contributed by atoms with van der Waals surface area (Å²) in [7, 11) is 0. The van der Waals surface area contributed by atoms with Crippen LogP contribution in [0.5, 0.6) is 0 Å². The molecule has 0 fully saturated rings. The number of hydrogen-bond donors (Lipinski definition) is 0. The van der Waals surface area contributed by atoms with Crippen LogP contribution in [0, 0.1) is 12.1 Å². The molecular formula is C43H38N2Pt. The SMILES string of the molecule is CC(C)(C)c1c[c-]c(-c2ccc3c(n2)-c2nc(-c4[c-]cc(C(C)(C)C)cc4)ccc2C3(c2ccccc2)c2ccccc2)cc1.[Pt+2]. The molecule has 1 aliphatic rings. The second kappa shape index (κ2) is 11.9. The van der Waals surface area contributed by atoms with Crippen LogP contribution in [0.4, 0.5) is 0 Å². The number of benzene rings is 4. The number of nitrogens with zero attached hydrogens (tertiary/aromatic N) is 2. The Labute approximate surface area is 288 Å². The molecule has 2 heterocycles. The number of hydrogen-bond acceptors (Lipinski definition) is 2. The standard InChI is InChI=1S/C43H38N2.Pt/c1-41(2,3)31-21-17-29(18-22-31)37-27-25-35-39(44-37)40-36(26-28-38(45-40)30-19-23-32(24-20-30)42(4,5)6)43(35,33-13-9-7-10-14-33)34-15-11-8-12-16-34;/h7-17,19,21-28H,1-6H3;/q-2;+2. The summed E-state index contributed by atoms with van der Waals surface area (Å²) in [5.74, 6) is 0. The molecule has 7 rings (SSSR count). The molecule has 230 valence electrons. The molecule has 0 amide bonds. The zero-order chi connectivity index (χ0) is 31.4. The maximum Gasteiger partial charge on any atom is 2.00 e. The van der Waals surface area contributed by atoms with E-state index in [9.17, 15) is 0 Å². The van der Waals surface area contributed by atoms with Gasteiger partial charge in [-0.1, -0.05) is 126 Å². The van der Waals surface area contributed by atoms with Crippen molar-refractivity contribution < 1.29 is 21.1 Å². The van der Waals surface area contributed by atoms with Crippen LogP contribution in [0.3, 0.4) is 0 Å². The molecule has 0 radical (unpaired) electrons. The van der Waals surface area contributed by atoms with E-state index in [2.05, 4.69) is 175 Å². The van der Waals surface area contributed by atoms with Gasteiger partial charge in [-0.3, -0.25) is 9.97 Å². The molecule has 0 unspecified atom stereocenters. The molecule has 2 nitrogen and oxygen atoms in total. The Morgan fingerprint density at radius 1 is 0.478 bits per heavy atom. The maximum atomic E-state index is 5.38. The quantitative estimate of drug-likeness (QED) is 0.166. The van der Waals surface area contributed by atoms with E-state index >= 15 is 0 Å². The third kappa shape index (κ3) is 5.37. The third-order valence-corrected chi connectivity index (χ3v) is 9.15. The average Bonchev–Trinajstić information content (AvgIpc) is 3.35. The van der Waals surface area contributed by atoms with Gasteiger partial charge in [-0.25, -0.2) is 0 Å². The summed E-state index contributed by atoms with van der Waals surface area (Å²) in [5.41, 5.74) is 12.3. The number of aromatic nitrogens is 2. The molecule has 0 saturated heterocycles. The van der Waals surface area contributed by atoms with E-state index in [0.29, 0.717) is 0 Å². The van der Waals surface area contributed by atoms with E-state index in [1.165, 1.54) is 22.3 Å². The van der Waals surface area contributed by atoms with E-state index < -0.39 is 5.41 Å². The van der Waals surface area contributed by atoms with Gasteiger partial charge in [0, 0.05) is 0 Å². The Balaban J connectivity index is 0.00000372. The molecular weight excluding hydrogens is 740 g/mol. The summed E-state index contributed by atoms with van der Waals surface area (Å²) >= 11 is 0. The van der Waals surface area contributed by atoms with Gasteiger partial charge < -0.3 is 0 Å². The molecule has 2 aromatic heterocycles. The fraction of sp³-hybridized carbons (Fsp3) is 0.209. The van der Waals surface area contributed by atoms with Crippen molar-refractivity contribution in [1.29, 1.82) is 0 Å². The molecule has 0 aliphatic heterocycles. The molecule has 6 aromatic rings. The zero-order valence-electron chi connectivity index (χ0n) is 27.3. The Morgan fingerprint density at radius 2 is 0.870 bits per heavy atom. The average molecular weight is 778 g/mol. The minimum Gasteiger partial charge on any atom is -0.294 e. The first-order valence-electron chi connectivity index (χ1n) is 15.8.